The second-order valence-electron chi connectivity index (χ2n) is 5.02. The van der Waals surface area contributed by atoms with Crippen molar-refractivity contribution < 1.29 is 14.7 Å². The Morgan fingerprint density at radius 2 is 2.26 bits per heavy atom. The van der Waals surface area contributed by atoms with Gasteiger partial charge in [0.15, 0.2) is 0 Å². The van der Waals surface area contributed by atoms with Crippen LogP contribution >= 0.6 is 0 Å². The van der Waals surface area contributed by atoms with Gasteiger partial charge in [-0.3, -0.25) is 9.59 Å². The standard InChI is InChI=1S/C14H20N2O3/c1-2-15-8-3-4-12(15)14(19)16-9-7-11(10-16)5-6-13(17)18/h3-4,8,11H,2,5-7,9-10H2,1H3,(H,17,18). The Balaban J connectivity index is 1.93. The molecule has 1 aromatic rings. The van der Waals surface area contributed by atoms with Crippen molar-refractivity contribution in [2.75, 3.05) is 13.1 Å². The molecule has 1 atom stereocenters. The average Bonchev–Trinajstić information content (AvgIpc) is 3.04. The van der Waals surface area contributed by atoms with E-state index in [1.165, 1.54) is 0 Å². The molecule has 1 amide bonds. The molecule has 0 aromatic carbocycles. The summed E-state index contributed by atoms with van der Waals surface area (Å²) in [4.78, 5) is 24.8. The first-order chi connectivity index (χ1) is 9.11. The molecule has 19 heavy (non-hydrogen) atoms. The number of carboxylic acid groups (broad SMARTS) is 1. The zero-order valence-electron chi connectivity index (χ0n) is 11.2. The topological polar surface area (TPSA) is 62.5 Å². The number of hydrogen-bond donors (Lipinski definition) is 1. The van der Waals surface area contributed by atoms with Gasteiger partial charge in [0.25, 0.3) is 5.91 Å². The third kappa shape index (κ3) is 3.16. The number of carbonyl (C=O) groups is 2. The van der Waals surface area contributed by atoms with Gasteiger partial charge in [0.1, 0.15) is 5.69 Å². The molecule has 0 saturated carbocycles. The number of aliphatic carboxylic acids is 1. The van der Waals surface area contributed by atoms with Crippen molar-refractivity contribution in [1.82, 2.24) is 9.47 Å². The highest BCUT2D eigenvalue weighted by atomic mass is 16.4. The Morgan fingerprint density at radius 3 is 2.95 bits per heavy atom. The Morgan fingerprint density at radius 1 is 1.47 bits per heavy atom. The molecule has 1 aromatic heterocycles. The summed E-state index contributed by atoms with van der Waals surface area (Å²) < 4.78 is 1.94. The summed E-state index contributed by atoms with van der Waals surface area (Å²) >= 11 is 0. The van der Waals surface area contributed by atoms with E-state index in [9.17, 15) is 9.59 Å². The monoisotopic (exact) mass is 264 g/mol. The van der Waals surface area contributed by atoms with E-state index in [-0.39, 0.29) is 12.3 Å². The maximum Gasteiger partial charge on any atom is 0.303 e. The first-order valence-electron chi connectivity index (χ1n) is 6.78. The fourth-order valence-corrected chi connectivity index (χ4v) is 2.63. The van der Waals surface area contributed by atoms with E-state index in [0.29, 0.717) is 18.9 Å². The predicted octanol–water partition coefficient (Wildman–Crippen LogP) is 1.83. The van der Waals surface area contributed by atoms with Crippen molar-refractivity contribution in [1.29, 1.82) is 0 Å². The Bertz CT molecular complexity index is 467. The average molecular weight is 264 g/mol. The first kappa shape index (κ1) is 13.6. The normalized spacial score (nSPS) is 18.8. The molecule has 5 nitrogen and oxygen atoms in total. The molecule has 2 rings (SSSR count). The van der Waals surface area contributed by atoms with Gasteiger partial charge < -0.3 is 14.6 Å². The second-order valence-corrected chi connectivity index (χ2v) is 5.02. The number of aryl methyl sites for hydroxylation is 1. The van der Waals surface area contributed by atoms with Gasteiger partial charge in [-0.15, -0.1) is 0 Å². The van der Waals surface area contributed by atoms with Gasteiger partial charge in [-0.2, -0.15) is 0 Å². The number of likely N-dealkylation sites (tertiary alicyclic amines) is 1. The van der Waals surface area contributed by atoms with Crippen molar-refractivity contribution in [3.63, 3.8) is 0 Å². The minimum absolute atomic E-state index is 0.0599. The highest BCUT2D eigenvalue weighted by Crippen LogP contribution is 2.22. The predicted molar refractivity (Wildman–Crippen MR) is 71.0 cm³/mol. The molecule has 1 unspecified atom stereocenters. The number of aromatic nitrogens is 1. The van der Waals surface area contributed by atoms with E-state index in [2.05, 4.69) is 0 Å². The van der Waals surface area contributed by atoms with Crippen molar-refractivity contribution in [3.05, 3.63) is 24.0 Å². The van der Waals surface area contributed by atoms with Crippen molar-refractivity contribution in [2.24, 2.45) is 5.92 Å². The molecule has 0 aliphatic carbocycles. The lowest BCUT2D eigenvalue weighted by Gasteiger charge is -2.17. The lowest BCUT2D eigenvalue weighted by Crippen LogP contribution is -2.30. The number of hydrogen-bond acceptors (Lipinski definition) is 2. The maximum absolute atomic E-state index is 12.4. The quantitative estimate of drug-likeness (QED) is 0.882. The highest BCUT2D eigenvalue weighted by molar-refractivity contribution is 5.93. The van der Waals surface area contributed by atoms with Crippen LogP contribution in [-0.4, -0.2) is 39.5 Å². The third-order valence-corrected chi connectivity index (χ3v) is 3.73. The summed E-state index contributed by atoms with van der Waals surface area (Å²) in [6.07, 6.45) is 3.67. The van der Waals surface area contributed by atoms with E-state index in [4.69, 9.17) is 5.11 Å². The number of amides is 1. The second kappa shape index (κ2) is 5.91. The number of nitrogens with zero attached hydrogens (tertiary/aromatic N) is 2. The molecular formula is C14H20N2O3. The van der Waals surface area contributed by atoms with E-state index < -0.39 is 5.97 Å². The van der Waals surface area contributed by atoms with Crippen molar-refractivity contribution in [3.8, 4) is 0 Å². The smallest absolute Gasteiger partial charge is 0.303 e. The Kier molecular flexibility index (Phi) is 4.24. The Hall–Kier alpha value is -1.78. The molecule has 0 radical (unpaired) electrons. The van der Waals surface area contributed by atoms with Crippen LogP contribution < -0.4 is 0 Å². The maximum atomic E-state index is 12.4. The lowest BCUT2D eigenvalue weighted by molar-refractivity contribution is -0.137. The van der Waals surface area contributed by atoms with Crippen LogP contribution in [0.3, 0.4) is 0 Å². The van der Waals surface area contributed by atoms with E-state index in [0.717, 1.165) is 25.2 Å². The summed E-state index contributed by atoms with van der Waals surface area (Å²) in [5.74, 6) is -0.376. The molecule has 2 heterocycles. The van der Waals surface area contributed by atoms with E-state index in [1.807, 2.05) is 34.7 Å². The molecule has 1 N–H and O–H groups in total. The zero-order chi connectivity index (χ0) is 13.8. The van der Waals surface area contributed by atoms with Gasteiger partial charge in [-0.25, -0.2) is 0 Å². The first-order valence-corrected chi connectivity index (χ1v) is 6.78. The lowest BCUT2D eigenvalue weighted by atomic mass is 10.0. The van der Waals surface area contributed by atoms with Gasteiger partial charge >= 0.3 is 5.97 Å². The fourth-order valence-electron chi connectivity index (χ4n) is 2.63. The van der Waals surface area contributed by atoms with Crippen LogP contribution in [0.4, 0.5) is 0 Å². The summed E-state index contributed by atoms with van der Waals surface area (Å²) in [5, 5.41) is 8.68. The van der Waals surface area contributed by atoms with Crippen LogP contribution in [0.2, 0.25) is 0 Å². The summed E-state index contributed by atoms with van der Waals surface area (Å²) in [5.41, 5.74) is 0.724. The molecule has 1 aliphatic rings. The Labute approximate surface area is 112 Å². The number of carboxylic acids is 1. The SMILES string of the molecule is CCn1cccc1C(=O)N1CCC(CCC(=O)O)C1. The molecule has 104 valence electrons. The fraction of sp³-hybridized carbons (Fsp3) is 0.571. The molecular weight excluding hydrogens is 244 g/mol. The van der Waals surface area contributed by atoms with Crippen molar-refractivity contribution in [2.45, 2.75) is 32.7 Å². The largest absolute Gasteiger partial charge is 0.481 e. The van der Waals surface area contributed by atoms with Crippen LogP contribution in [0.15, 0.2) is 18.3 Å². The van der Waals surface area contributed by atoms with Crippen LogP contribution in [0.25, 0.3) is 0 Å². The van der Waals surface area contributed by atoms with Crippen LogP contribution in [0, 0.1) is 5.92 Å². The number of carbonyl (C=O) groups excluding carboxylic acids is 1. The summed E-state index contributed by atoms with van der Waals surface area (Å²) in [6.45, 7) is 4.21. The molecule has 1 fully saturated rings. The van der Waals surface area contributed by atoms with Gasteiger partial charge in [-0.1, -0.05) is 0 Å². The molecule has 5 heteroatoms. The minimum Gasteiger partial charge on any atom is -0.481 e. The van der Waals surface area contributed by atoms with Gasteiger partial charge in [0.2, 0.25) is 0 Å². The molecule has 1 aliphatic heterocycles. The third-order valence-electron chi connectivity index (χ3n) is 3.73. The molecule has 0 bridgehead atoms. The van der Waals surface area contributed by atoms with E-state index >= 15 is 0 Å². The van der Waals surface area contributed by atoms with E-state index in [1.54, 1.807) is 0 Å². The van der Waals surface area contributed by atoms with Crippen LogP contribution in [0.5, 0.6) is 0 Å². The zero-order valence-corrected chi connectivity index (χ0v) is 11.2. The van der Waals surface area contributed by atoms with Gasteiger partial charge in [0.05, 0.1) is 0 Å². The van der Waals surface area contributed by atoms with Crippen molar-refractivity contribution >= 4 is 11.9 Å². The molecule has 1 saturated heterocycles. The molecule has 0 spiro atoms. The number of rotatable bonds is 5. The highest BCUT2D eigenvalue weighted by Gasteiger charge is 2.28. The van der Waals surface area contributed by atoms with Gasteiger partial charge in [-0.05, 0) is 37.8 Å². The summed E-state index contributed by atoms with van der Waals surface area (Å²) in [6, 6.07) is 3.73. The summed E-state index contributed by atoms with van der Waals surface area (Å²) in [7, 11) is 0. The van der Waals surface area contributed by atoms with Crippen LogP contribution in [-0.2, 0) is 11.3 Å². The minimum atomic E-state index is -0.760. The van der Waals surface area contributed by atoms with Gasteiger partial charge in [0, 0.05) is 32.3 Å². The van der Waals surface area contributed by atoms with Crippen LogP contribution in [0.1, 0.15) is 36.7 Å².